The summed E-state index contributed by atoms with van der Waals surface area (Å²) < 4.78 is 26.3. The van der Waals surface area contributed by atoms with Crippen LogP contribution in [-0.2, 0) is 27.2 Å². The molecule has 10 nitrogen and oxygen atoms in total. The van der Waals surface area contributed by atoms with Gasteiger partial charge < -0.3 is 20.1 Å². The van der Waals surface area contributed by atoms with Gasteiger partial charge in [-0.05, 0) is 75.2 Å². The minimum absolute atomic E-state index is 0.00995. The molecule has 0 bridgehead atoms. The normalized spacial score (nSPS) is 11.2. The number of benzene rings is 2. The Morgan fingerprint density at radius 2 is 1.82 bits per heavy atom. The minimum atomic E-state index is -0.673. The highest BCUT2D eigenvalue weighted by molar-refractivity contribution is 6.08. The van der Waals surface area contributed by atoms with Crippen LogP contribution in [0.4, 0.5) is 14.9 Å². The van der Waals surface area contributed by atoms with Crippen LogP contribution in [0.2, 0.25) is 0 Å². The van der Waals surface area contributed by atoms with Crippen molar-refractivity contribution >= 4 is 29.2 Å². The Balaban J connectivity index is 1.62. The molecule has 2 amide bonds. The van der Waals surface area contributed by atoms with E-state index in [0.29, 0.717) is 27.9 Å². The fourth-order valence-electron chi connectivity index (χ4n) is 3.94. The molecule has 2 aromatic carbocycles. The van der Waals surface area contributed by atoms with E-state index in [0.717, 1.165) is 0 Å². The summed E-state index contributed by atoms with van der Waals surface area (Å²) >= 11 is 0. The fraction of sp³-hybridized carbons (Fsp3) is 0.276. The maximum absolute atomic E-state index is 14.6. The molecule has 0 aliphatic rings. The molecule has 0 spiro atoms. The van der Waals surface area contributed by atoms with Crippen LogP contribution >= 0.6 is 0 Å². The predicted molar refractivity (Wildman–Crippen MR) is 146 cm³/mol. The Kier molecular flexibility index (Phi) is 8.42. The van der Waals surface area contributed by atoms with E-state index >= 15 is 0 Å². The minimum Gasteiger partial charge on any atom is -0.466 e. The van der Waals surface area contributed by atoms with Crippen molar-refractivity contribution < 1.29 is 28.2 Å². The van der Waals surface area contributed by atoms with Crippen LogP contribution in [-0.4, -0.2) is 44.8 Å². The van der Waals surface area contributed by atoms with Crippen LogP contribution in [0, 0.1) is 5.82 Å². The number of esters is 1. The van der Waals surface area contributed by atoms with E-state index in [9.17, 15) is 18.8 Å². The van der Waals surface area contributed by atoms with Crippen molar-refractivity contribution in [3.8, 4) is 11.4 Å². The van der Waals surface area contributed by atoms with Crippen molar-refractivity contribution in [2.45, 2.75) is 46.3 Å². The predicted octanol–water partition coefficient (Wildman–Crippen LogP) is 4.92. The summed E-state index contributed by atoms with van der Waals surface area (Å²) in [6.07, 6.45) is 1.00. The van der Waals surface area contributed by atoms with Gasteiger partial charge in [0.2, 0.25) is 0 Å². The molecular weight excluding hydrogens is 517 g/mol. The van der Waals surface area contributed by atoms with E-state index < -0.39 is 29.4 Å². The number of halogens is 1. The van der Waals surface area contributed by atoms with Gasteiger partial charge in [-0.1, -0.05) is 18.2 Å². The number of amides is 2. The van der Waals surface area contributed by atoms with Gasteiger partial charge >= 0.3 is 12.1 Å². The molecule has 2 N–H and O–H groups in total. The number of hydrogen-bond donors (Lipinski definition) is 2. The van der Waals surface area contributed by atoms with E-state index in [1.807, 2.05) is 0 Å². The molecule has 0 atom stereocenters. The smallest absolute Gasteiger partial charge is 0.407 e. The Morgan fingerprint density at radius 1 is 1.05 bits per heavy atom. The third-order valence-electron chi connectivity index (χ3n) is 5.56. The van der Waals surface area contributed by atoms with Crippen LogP contribution < -0.4 is 10.6 Å². The molecule has 208 valence electrons. The first-order valence-corrected chi connectivity index (χ1v) is 12.7. The number of carbonyl (C=O) groups excluding carboxylic acids is 3. The van der Waals surface area contributed by atoms with Crippen LogP contribution in [0.1, 0.15) is 49.3 Å². The molecule has 4 rings (SSSR count). The summed E-state index contributed by atoms with van der Waals surface area (Å²) in [5.74, 6) is -1.40. The molecule has 4 aromatic rings. The number of hydrogen-bond acceptors (Lipinski definition) is 7. The van der Waals surface area contributed by atoms with Crippen molar-refractivity contribution in [3.63, 3.8) is 0 Å². The second kappa shape index (κ2) is 11.9. The zero-order valence-corrected chi connectivity index (χ0v) is 22.7. The van der Waals surface area contributed by atoms with Crippen molar-refractivity contribution in [2.24, 2.45) is 0 Å². The van der Waals surface area contributed by atoms with Gasteiger partial charge in [-0.15, -0.1) is 5.10 Å². The molecule has 0 fully saturated rings. The maximum Gasteiger partial charge on any atom is 0.407 e. The monoisotopic (exact) mass is 547 g/mol. The number of aromatic nitrogens is 3. The van der Waals surface area contributed by atoms with Crippen molar-refractivity contribution in [2.75, 3.05) is 11.9 Å². The summed E-state index contributed by atoms with van der Waals surface area (Å²) in [5, 5.41) is 9.87. The number of rotatable bonds is 8. The van der Waals surface area contributed by atoms with Gasteiger partial charge in [-0.3, -0.25) is 9.59 Å². The van der Waals surface area contributed by atoms with Crippen LogP contribution in [0.5, 0.6) is 0 Å². The number of nitrogens with one attached hydrogen (secondary N) is 2. The summed E-state index contributed by atoms with van der Waals surface area (Å²) in [4.78, 5) is 42.0. The van der Waals surface area contributed by atoms with Gasteiger partial charge in [0.05, 0.1) is 18.5 Å². The van der Waals surface area contributed by atoms with Crippen LogP contribution in [0.3, 0.4) is 0 Å². The Morgan fingerprint density at radius 3 is 2.58 bits per heavy atom. The maximum atomic E-state index is 14.6. The first-order valence-electron chi connectivity index (χ1n) is 12.7. The Labute approximate surface area is 230 Å². The van der Waals surface area contributed by atoms with Crippen LogP contribution in [0.15, 0.2) is 60.8 Å². The van der Waals surface area contributed by atoms with Gasteiger partial charge in [-0.2, -0.15) is 0 Å². The third-order valence-corrected chi connectivity index (χ3v) is 5.56. The molecule has 0 aliphatic heterocycles. The third kappa shape index (κ3) is 7.19. The molecule has 2 heterocycles. The van der Waals surface area contributed by atoms with Crippen molar-refractivity contribution in [1.82, 2.24) is 19.9 Å². The lowest BCUT2D eigenvalue weighted by Gasteiger charge is -2.19. The Bertz CT molecular complexity index is 1560. The van der Waals surface area contributed by atoms with E-state index in [-0.39, 0.29) is 31.1 Å². The molecular formula is C29H30FN5O5. The van der Waals surface area contributed by atoms with Gasteiger partial charge in [0, 0.05) is 24.0 Å². The topological polar surface area (TPSA) is 124 Å². The largest absolute Gasteiger partial charge is 0.466 e. The first kappa shape index (κ1) is 28.2. The number of carbonyl (C=O) groups is 3. The second-order valence-corrected chi connectivity index (χ2v) is 9.92. The number of fused-ring (bicyclic) bond motifs is 1. The van der Waals surface area contributed by atoms with Gasteiger partial charge in [0.25, 0.3) is 5.91 Å². The molecule has 0 radical (unpaired) electrons. The summed E-state index contributed by atoms with van der Waals surface area (Å²) in [6.45, 7) is 7.22. The highest BCUT2D eigenvalue weighted by atomic mass is 19.1. The summed E-state index contributed by atoms with van der Waals surface area (Å²) in [5.41, 5.74) is 1.61. The lowest BCUT2D eigenvalue weighted by molar-refractivity contribution is -0.142. The van der Waals surface area contributed by atoms with Gasteiger partial charge in [-0.25, -0.2) is 18.7 Å². The highest BCUT2D eigenvalue weighted by Crippen LogP contribution is 2.23. The fourth-order valence-corrected chi connectivity index (χ4v) is 3.94. The number of para-hydroxylation sites is 1. The van der Waals surface area contributed by atoms with E-state index in [1.165, 1.54) is 16.6 Å². The first-order chi connectivity index (χ1) is 19.0. The average Bonchev–Trinajstić information content (AvgIpc) is 3.36. The Hall–Kier alpha value is -4.80. The lowest BCUT2D eigenvalue weighted by Crippen LogP contribution is -2.32. The molecule has 2 aromatic heterocycles. The van der Waals surface area contributed by atoms with Crippen molar-refractivity contribution in [3.05, 3.63) is 83.4 Å². The SMILES string of the molecule is CCOC(=O)Cc1ccccc1NC(=O)c1nc(-c2cc(F)cc(CNC(=O)OC(C)(C)C)c2)nn2cccc12. The quantitative estimate of drug-likeness (QED) is 0.300. The average molecular weight is 548 g/mol. The number of anilines is 1. The van der Waals surface area contributed by atoms with E-state index in [1.54, 1.807) is 76.4 Å². The van der Waals surface area contributed by atoms with E-state index in [2.05, 4.69) is 20.7 Å². The number of nitrogens with zero attached hydrogens (tertiary/aromatic N) is 3. The summed E-state index contributed by atoms with van der Waals surface area (Å²) in [7, 11) is 0. The molecule has 0 aliphatic carbocycles. The lowest BCUT2D eigenvalue weighted by atomic mass is 10.1. The van der Waals surface area contributed by atoms with Gasteiger partial charge in [0.1, 0.15) is 11.4 Å². The molecule has 40 heavy (non-hydrogen) atoms. The number of alkyl carbamates (subject to hydrolysis) is 1. The summed E-state index contributed by atoms with van der Waals surface area (Å²) in [6, 6.07) is 14.5. The second-order valence-electron chi connectivity index (χ2n) is 9.92. The van der Waals surface area contributed by atoms with Crippen LogP contribution in [0.25, 0.3) is 16.9 Å². The molecule has 0 unspecified atom stereocenters. The highest BCUT2D eigenvalue weighted by Gasteiger charge is 2.20. The number of ether oxygens (including phenoxy) is 2. The zero-order valence-electron chi connectivity index (χ0n) is 22.7. The van der Waals surface area contributed by atoms with E-state index in [4.69, 9.17) is 9.47 Å². The zero-order chi connectivity index (χ0) is 28.9. The molecule has 0 saturated heterocycles. The molecule has 0 saturated carbocycles. The van der Waals surface area contributed by atoms with Crippen molar-refractivity contribution in [1.29, 1.82) is 0 Å². The molecule has 11 heteroatoms. The standard InChI is InChI=1S/C29H30FN5O5/c1-5-39-24(36)16-19-9-6-7-10-22(19)32-27(37)25-23-11-8-12-35(23)34-26(33-25)20-13-18(14-21(30)15-20)17-31-28(38)40-29(2,3)4/h6-15H,5,16-17H2,1-4H3,(H,31,38)(H,32,37). The van der Waals surface area contributed by atoms with Gasteiger partial charge in [0.15, 0.2) is 11.5 Å².